The van der Waals surface area contributed by atoms with Crippen LogP contribution in [0.25, 0.3) is 0 Å². The van der Waals surface area contributed by atoms with Crippen LogP contribution in [0, 0.1) is 26.7 Å². The summed E-state index contributed by atoms with van der Waals surface area (Å²) < 4.78 is 6.53. The highest BCUT2D eigenvalue weighted by molar-refractivity contribution is 5.64. The Hall–Kier alpha value is -3.54. The molecule has 3 rings (SSSR count). The van der Waals surface area contributed by atoms with Crippen LogP contribution in [-0.4, -0.2) is 19.7 Å². The van der Waals surface area contributed by atoms with Crippen molar-refractivity contribution in [2.24, 2.45) is 26.4 Å². The van der Waals surface area contributed by atoms with Gasteiger partial charge in [-0.15, -0.1) is 5.11 Å². The van der Waals surface area contributed by atoms with Gasteiger partial charge in [0.1, 0.15) is 11.4 Å². The van der Waals surface area contributed by atoms with Crippen molar-refractivity contribution in [2.75, 3.05) is 24.6 Å². The SMILES string of the molecule is CCCCCCCCCCCCN(CCCCCCCCCCCC)c1ccc(/N=N/c2cc(C)c(/N=N/c3ccc(C)cc3)cc2OCC(CC)CCCC)c(C)c1. The summed E-state index contributed by atoms with van der Waals surface area (Å²) in [6, 6.07) is 18.9. The number of hydrogen-bond donors (Lipinski definition) is 0. The van der Waals surface area contributed by atoms with Crippen molar-refractivity contribution in [3.8, 4) is 5.75 Å². The number of hydrogen-bond acceptors (Lipinski definition) is 6. The first-order chi connectivity index (χ1) is 28.9. The maximum absolute atomic E-state index is 6.53. The van der Waals surface area contributed by atoms with Gasteiger partial charge in [0.05, 0.1) is 23.7 Å². The second-order valence-electron chi connectivity index (χ2n) is 17.4. The average Bonchev–Trinajstić information content (AvgIpc) is 3.24. The lowest BCUT2D eigenvalue weighted by Crippen LogP contribution is -2.25. The maximum atomic E-state index is 6.53. The van der Waals surface area contributed by atoms with Crippen LogP contribution in [-0.2, 0) is 0 Å². The van der Waals surface area contributed by atoms with Gasteiger partial charge in [-0.3, -0.25) is 0 Å². The number of aryl methyl sites for hydroxylation is 3. The van der Waals surface area contributed by atoms with Crippen molar-refractivity contribution < 1.29 is 4.74 Å². The zero-order valence-electron chi connectivity index (χ0n) is 39.0. The molecular weight excluding hydrogens is 723 g/mol. The molecule has 6 heteroatoms. The van der Waals surface area contributed by atoms with E-state index in [1.54, 1.807) is 0 Å². The lowest BCUT2D eigenvalue weighted by molar-refractivity contribution is 0.234. The molecule has 0 aromatic heterocycles. The van der Waals surface area contributed by atoms with E-state index in [0.29, 0.717) is 18.3 Å². The molecule has 0 bridgehead atoms. The molecule has 0 aliphatic heterocycles. The number of anilines is 1. The molecule has 328 valence electrons. The molecule has 0 spiro atoms. The van der Waals surface area contributed by atoms with E-state index >= 15 is 0 Å². The van der Waals surface area contributed by atoms with Crippen molar-refractivity contribution in [1.82, 2.24) is 0 Å². The van der Waals surface area contributed by atoms with Crippen molar-refractivity contribution in [1.29, 1.82) is 0 Å². The summed E-state index contributed by atoms with van der Waals surface area (Å²) in [5.74, 6) is 1.21. The highest BCUT2D eigenvalue weighted by Crippen LogP contribution is 2.38. The summed E-state index contributed by atoms with van der Waals surface area (Å²) in [6.07, 6.45) is 32.0. The summed E-state index contributed by atoms with van der Waals surface area (Å²) in [4.78, 5) is 2.64. The Morgan fingerprint density at radius 1 is 0.475 bits per heavy atom. The molecular formula is C53H85N5O. The smallest absolute Gasteiger partial charge is 0.149 e. The summed E-state index contributed by atoms with van der Waals surface area (Å²) in [6.45, 7) is 18.3. The quantitative estimate of drug-likeness (QED) is 0.0446. The number of unbranched alkanes of at least 4 members (excludes halogenated alkanes) is 19. The summed E-state index contributed by atoms with van der Waals surface area (Å²) in [5, 5.41) is 18.8. The Balaban J connectivity index is 1.72. The zero-order chi connectivity index (χ0) is 42.3. The summed E-state index contributed by atoms with van der Waals surface area (Å²) >= 11 is 0. The third kappa shape index (κ3) is 21.0. The summed E-state index contributed by atoms with van der Waals surface area (Å²) in [7, 11) is 0. The van der Waals surface area contributed by atoms with E-state index < -0.39 is 0 Å². The molecule has 0 amide bonds. The molecule has 59 heavy (non-hydrogen) atoms. The van der Waals surface area contributed by atoms with Crippen molar-refractivity contribution in [3.05, 3.63) is 71.3 Å². The fraction of sp³-hybridized carbons (Fsp3) is 0.660. The van der Waals surface area contributed by atoms with E-state index in [-0.39, 0.29) is 0 Å². The molecule has 0 aliphatic carbocycles. The second-order valence-corrected chi connectivity index (χ2v) is 17.4. The number of rotatable bonds is 34. The molecule has 6 nitrogen and oxygen atoms in total. The minimum absolute atomic E-state index is 0.497. The van der Waals surface area contributed by atoms with Crippen LogP contribution >= 0.6 is 0 Å². The average molecular weight is 808 g/mol. The van der Waals surface area contributed by atoms with Crippen LogP contribution in [0.15, 0.2) is 75.1 Å². The lowest BCUT2D eigenvalue weighted by Gasteiger charge is -2.26. The van der Waals surface area contributed by atoms with Crippen molar-refractivity contribution in [3.63, 3.8) is 0 Å². The molecule has 0 saturated carbocycles. The molecule has 3 aromatic rings. The molecule has 1 unspecified atom stereocenters. The lowest BCUT2D eigenvalue weighted by atomic mass is 10.0. The minimum Gasteiger partial charge on any atom is -0.491 e. The van der Waals surface area contributed by atoms with E-state index in [0.717, 1.165) is 59.8 Å². The van der Waals surface area contributed by atoms with Crippen LogP contribution in [0.4, 0.5) is 28.4 Å². The third-order valence-electron chi connectivity index (χ3n) is 12.0. The molecule has 0 heterocycles. The van der Waals surface area contributed by atoms with E-state index in [9.17, 15) is 0 Å². The highest BCUT2D eigenvalue weighted by Gasteiger charge is 2.14. The van der Waals surface area contributed by atoms with Crippen LogP contribution in [0.5, 0.6) is 5.75 Å². The molecule has 3 aromatic carbocycles. The Morgan fingerprint density at radius 3 is 1.49 bits per heavy atom. The van der Waals surface area contributed by atoms with Gasteiger partial charge in [-0.1, -0.05) is 180 Å². The molecule has 0 saturated heterocycles. The van der Waals surface area contributed by atoms with Gasteiger partial charge in [-0.05, 0) is 93.5 Å². The summed E-state index contributed by atoms with van der Waals surface area (Å²) in [5.41, 5.74) is 7.89. The van der Waals surface area contributed by atoms with Crippen LogP contribution in [0.3, 0.4) is 0 Å². The largest absolute Gasteiger partial charge is 0.491 e. The van der Waals surface area contributed by atoms with Crippen molar-refractivity contribution in [2.45, 2.75) is 203 Å². The third-order valence-corrected chi connectivity index (χ3v) is 12.0. The van der Waals surface area contributed by atoms with E-state index in [4.69, 9.17) is 15.0 Å². The maximum Gasteiger partial charge on any atom is 0.149 e. The standard InChI is InChI=1S/C53H85N5O/c1-8-12-15-17-19-21-23-25-27-29-38-58(39-30-28-26-24-22-20-18-16-13-9-2)49-36-37-50(45(6)40-49)55-57-52-41-46(7)51(56-54-48-34-32-44(5)33-35-48)42-53(52)59-43-47(11-4)31-14-10-3/h32-37,40-42,47H,8-31,38-39,43H2,1-7H3/b56-54+,57-55+. The monoisotopic (exact) mass is 808 g/mol. The van der Waals surface area contributed by atoms with Crippen LogP contribution < -0.4 is 9.64 Å². The molecule has 0 N–H and O–H groups in total. The Bertz CT molecular complexity index is 1560. The predicted molar refractivity (Wildman–Crippen MR) is 257 cm³/mol. The van der Waals surface area contributed by atoms with Gasteiger partial charge in [-0.25, -0.2) is 0 Å². The topological polar surface area (TPSA) is 61.9 Å². The van der Waals surface area contributed by atoms with Gasteiger partial charge in [-0.2, -0.15) is 15.3 Å². The number of benzene rings is 3. The fourth-order valence-corrected chi connectivity index (χ4v) is 7.80. The molecule has 0 radical (unpaired) electrons. The Morgan fingerprint density at radius 2 is 0.966 bits per heavy atom. The van der Waals surface area contributed by atoms with Crippen molar-refractivity contribution >= 4 is 28.4 Å². The van der Waals surface area contributed by atoms with Gasteiger partial charge >= 0.3 is 0 Å². The second kappa shape index (κ2) is 31.4. The van der Waals surface area contributed by atoms with Gasteiger partial charge in [0.15, 0.2) is 0 Å². The number of ether oxygens (including phenoxy) is 1. The first kappa shape index (κ1) is 49.8. The van der Waals surface area contributed by atoms with Gasteiger partial charge in [0.2, 0.25) is 0 Å². The van der Waals surface area contributed by atoms with Gasteiger partial charge in [0.25, 0.3) is 0 Å². The van der Waals surface area contributed by atoms with Gasteiger partial charge in [0, 0.05) is 24.8 Å². The fourth-order valence-electron chi connectivity index (χ4n) is 7.80. The normalized spacial score (nSPS) is 12.3. The first-order valence-corrected chi connectivity index (χ1v) is 24.4. The Labute approximate surface area is 362 Å². The minimum atomic E-state index is 0.497. The molecule has 1 atom stereocenters. The highest BCUT2D eigenvalue weighted by atomic mass is 16.5. The van der Waals surface area contributed by atoms with Gasteiger partial charge < -0.3 is 9.64 Å². The number of nitrogens with zero attached hydrogens (tertiary/aromatic N) is 5. The Kier molecular flexibility index (Phi) is 26.5. The zero-order valence-corrected chi connectivity index (χ0v) is 39.0. The van der Waals surface area contributed by atoms with E-state index in [1.807, 2.05) is 24.3 Å². The van der Waals surface area contributed by atoms with Crippen LogP contribution in [0.2, 0.25) is 0 Å². The van der Waals surface area contributed by atoms with E-state index in [2.05, 4.69) is 93.9 Å². The molecule has 0 aliphatic rings. The first-order valence-electron chi connectivity index (χ1n) is 24.4. The predicted octanol–water partition coefficient (Wildman–Crippen LogP) is 18.7. The number of azo groups is 2. The van der Waals surface area contributed by atoms with E-state index in [1.165, 1.54) is 153 Å². The molecule has 0 fully saturated rings. The van der Waals surface area contributed by atoms with Crippen LogP contribution in [0.1, 0.15) is 198 Å².